The number of halogens is 1. The maximum Gasteiger partial charge on any atom is 0.182 e. The first-order chi connectivity index (χ1) is 10.1. The number of rotatable bonds is 7. The second-order valence-electron chi connectivity index (χ2n) is 5.37. The molecule has 1 heterocycles. The van der Waals surface area contributed by atoms with Crippen LogP contribution in [-0.2, 0) is 6.54 Å². The van der Waals surface area contributed by atoms with Crippen LogP contribution in [0.1, 0.15) is 39.5 Å². The zero-order valence-electron chi connectivity index (χ0n) is 12.6. The summed E-state index contributed by atoms with van der Waals surface area (Å²) in [6.07, 6.45) is 4.77. The lowest BCUT2D eigenvalue weighted by Gasteiger charge is -2.15. The molecule has 1 unspecified atom stereocenters. The third kappa shape index (κ3) is 4.17. The summed E-state index contributed by atoms with van der Waals surface area (Å²) in [5, 5.41) is 12.6. The van der Waals surface area contributed by atoms with Gasteiger partial charge >= 0.3 is 0 Å². The Bertz CT molecular complexity index is 561. The van der Waals surface area contributed by atoms with E-state index in [2.05, 4.69) is 29.4 Å². The van der Waals surface area contributed by atoms with E-state index in [1.807, 2.05) is 16.8 Å². The average molecular weight is 308 g/mol. The highest BCUT2D eigenvalue weighted by atomic mass is 35.5. The molecule has 0 bridgehead atoms. The number of tetrazole rings is 1. The van der Waals surface area contributed by atoms with Crippen molar-refractivity contribution in [3.8, 4) is 11.4 Å². The van der Waals surface area contributed by atoms with Gasteiger partial charge in [0.25, 0.3) is 0 Å². The second kappa shape index (κ2) is 7.41. The molecule has 21 heavy (non-hydrogen) atoms. The van der Waals surface area contributed by atoms with E-state index in [4.69, 9.17) is 17.3 Å². The van der Waals surface area contributed by atoms with Crippen LogP contribution in [0.5, 0.6) is 0 Å². The number of aromatic nitrogens is 4. The first-order valence-electron chi connectivity index (χ1n) is 7.46. The molecule has 114 valence electrons. The van der Waals surface area contributed by atoms with Crippen molar-refractivity contribution in [3.05, 3.63) is 23.2 Å². The maximum atomic E-state index is 6.06. The molecule has 6 heteroatoms. The number of hydrogen-bond donors (Lipinski definition) is 1. The van der Waals surface area contributed by atoms with Crippen molar-refractivity contribution in [2.45, 2.75) is 46.1 Å². The predicted octanol–water partition coefficient (Wildman–Crippen LogP) is 3.79. The van der Waals surface area contributed by atoms with Crippen LogP contribution < -0.4 is 5.73 Å². The van der Waals surface area contributed by atoms with E-state index in [0.29, 0.717) is 16.6 Å². The van der Waals surface area contributed by atoms with Crippen LogP contribution in [0.3, 0.4) is 0 Å². The van der Waals surface area contributed by atoms with Crippen LogP contribution in [-0.4, -0.2) is 20.2 Å². The average Bonchev–Trinajstić information content (AvgIpc) is 2.90. The molecule has 1 aromatic carbocycles. The summed E-state index contributed by atoms with van der Waals surface area (Å²) in [6.45, 7) is 5.25. The van der Waals surface area contributed by atoms with Crippen molar-refractivity contribution in [1.29, 1.82) is 0 Å². The van der Waals surface area contributed by atoms with E-state index in [1.54, 1.807) is 6.07 Å². The molecule has 0 aliphatic carbocycles. The Morgan fingerprint density at radius 3 is 2.76 bits per heavy atom. The predicted molar refractivity (Wildman–Crippen MR) is 86.0 cm³/mol. The lowest BCUT2D eigenvalue weighted by Crippen LogP contribution is -2.13. The van der Waals surface area contributed by atoms with Crippen molar-refractivity contribution >= 4 is 17.3 Å². The van der Waals surface area contributed by atoms with Gasteiger partial charge in [-0.05, 0) is 41.0 Å². The van der Waals surface area contributed by atoms with Gasteiger partial charge in [-0.1, -0.05) is 44.7 Å². The van der Waals surface area contributed by atoms with E-state index in [1.165, 1.54) is 19.3 Å². The Morgan fingerprint density at radius 2 is 2.10 bits per heavy atom. The van der Waals surface area contributed by atoms with Crippen LogP contribution in [0.4, 0.5) is 5.69 Å². The summed E-state index contributed by atoms with van der Waals surface area (Å²) in [5.74, 6) is 1.31. The van der Waals surface area contributed by atoms with Crippen molar-refractivity contribution < 1.29 is 0 Å². The molecular formula is C15H22ClN5. The van der Waals surface area contributed by atoms with Gasteiger partial charge in [0.2, 0.25) is 0 Å². The van der Waals surface area contributed by atoms with E-state index in [9.17, 15) is 0 Å². The lowest BCUT2D eigenvalue weighted by molar-refractivity contribution is 0.370. The summed E-state index contributed by atoms with van der Waals surface area (Å²) >= 11 is 6.06. The molecule has 2 aromatic rings. The van der Waals surface area contributed by atoms with Gasteiger partial charge in [0.05, 0.1) is 0 Å². The summed E-state index contributed by atoms with van der Waals surface area (Å²) in [6, 6.07) is 5.41. The molecule has 2 N–H and O–H groups in total. The molecule has 0 aliphatic heterocycles. The fraction of sp³-hybridized carbons (Fsp3) is 0.533. The Hall–Kier alpha value is -1.62. The first-order valence-corrected chi connectivity index (χ1v) is 7.84. The number of benzene rings is 1. The number of nitrogens with two attached hydrogens (primary N) is 1. The number of nitrogens with zero attached hydrogens (tertiary/aromatic N) is 4. The highest BCUT2D eigenvalue weighted by Gasteiger charge is 2.14. The molecule has 0 fully saturated rings. The van der Waals surface area contributed by atoms with Crippen LogP contribution in [0.15, 0.2) is 18.2 Å². The number of nitrogen functional groups attached to an aromatic ring is 1. The van der Waals surface area contributed by atoms with Crippen molar-refractivity contribution in [2.75, 3.05) is 5.73 Å². The van der Waals surface area contributed by atoms with Crippen LogP contribution >= 0.6 is 11.6 Å². The van der Waals surface area contributed by atoms with Crippen molar-refractivity contribution in [1.82, 2.24) is 20.2 Å². The topological polar surface area (TPSA) is 69.6 Å². The normalized spacial score (nSPS) is 12.5. The third-order valence-corrected chi connectivity index (χ3v) is 3.90. The van der Waals surface area contributed by atoms with Crippen LogP contribution in [0.2, 0.25) is 5.02 Å². The van der Waals surface area contributed by atoms with E-state index < -0.39 is 0 Å². The molecule has 1 aromatic heterocycles. The molecule has 0 saturated heterocycles. The molecule has 0 spiro atoms. The molecule has 5 nitrogen and oxygen atoms in total. The minimum atomic E-state index is 0.587. The van der Waals surface area contributed by atoms with Gasteiger partial charge in [-0.2, -0.15) is 0 Å². The molecule has 0 saturated carbocycles. The number of unbranched alkanes of at least 4 members (excludes halogenated alkanes) is 1. The van der Waals surface area contributed by atoms with Gasteiger partial charge < -0.3 is 5.73 Å². The highest BCUT2D eigenvalue weighted by molar-refractivity contribution is 6.31. The molecule has 1 atom stereocenters. The first kappa shape index (κ1) is 15.8. The zero-order valence-corrected chi connectivity index (χ0v) is 13.3. The summed E-state index contributed by atoms with van der Waals surface area (Å²) < 4.78 is 1.86. The second-order valence-corrected chi connectivity index (χ2v) is 5.81. The van der Waals surface area contributed by atoms with Crippen LogP contribution in [0, 0.1) is 5.92 Å². The third-order valence-electron chi connectivity index (χ3n) is 3.68. The molecular weight excluding hydrogens is 286 g/mol. The van der Waals surface area contributed by atoms with E-state index >= 15 is 0 Å². The number of hydrogen-bond acceptors (Lipinski definition) is 4. The Balaban J connectivity index is 2.21. The monoisotopic (exact) mass is 307 g/mol. The fourth-order valence-electron chi connectivity index (χ4n) is 2.44. The van der Waals surface area contributed by atoms with E-state index in [-0.39, 0.29) is 0 Å². The SMILES string of the molecule is CCCCC(CC)Cn1nnnc1-c1cc(N)cc(Cl)c1. The van der Waals surface area contributed by atoms with Gasteiger partial charge in [0, 0.05) is 22.8 Å². The smallest absolute Gasteiger partial charge is 0.182 e. The van der Waals surface area contributed by atoms with E-state index in [0.717, 1.165) is 24.4 Å². The standard InChI is InChI=1S/C15H22ClN5/c1-3-5-6-11(4-2)10-21-15(18-19-20-21)12-7-13(16)9-14(17)8-12/h7-9,11H,3-6,10,17H2,1-2H3. The number of anilines is 1. The van der Waals surface area contributed by atoms with Gasteiger partial charge in [-0.3, -0.25) is 0 Å². The van der Waals surface area contributed by atoms with Gasteiger partial charge in [0.15, 0.2) is 5.82 Å². The zero-order chi connectivity index (χ0) is 15.2. The summed E-state index contributed by atoms with van der Waals surface area (Å²) in [5.41, 5.74) is 7.32. The molecule has 0 amide bonds. The highest BCUT2D eigenvalue weighted by Crippen LogP contribution is 2.25. The van der Waals surface area contributed by atoms with Crippen molar-refractivity contribution in [2.24, 2.45) is 5.92 Å². The van der Waals surface area contributed by atoms with Gasteiger partial charge in [-0.25, -0.2) is 4.68 Å². The summed E-state index contributed by atoms with van der Waals surface area (Å²) in [4.78, 5) is 0. The van der Waals surface area contributed by atoms with Gasteiger partial charge in [0.1, 0.15) is 0 Å². The Labute approximate surface area is 130 Å². The Morgan fingerprint density at radius 1 is 1.29 bits per heavy atom. The quantitative estimate of drug-likeness (QED) is 0.790. The van der Waals surface area contributed by atoms with Crippen molar-refractivity contribution in [3.63, 3.8) is 0 Å². The fourth-order valence-corrected chi connectivity index (χ4v) is 2.68. The summed E-state index contributed by atoms with van der Waals surface area (Å²) in [7, 11) is 0. The Kier molecular flexibility index (Phi) is 5.56. The minimum absolute atomic E-state index is 0.587. The van der Waals surface area contributed by atoms with Crippen LogP contribution in [0.25, 0.3) is 11.4 Å². The lowest BCUT2D eigenvalue weighted by atomic mass is 9.99. The minimum Gasteiger partial charge on any atom is -0.399 e. The molecule has 0 aliphatic rings. The molecule has 2 rings (SSSR count). The van der Waals surface area contributed by atoms with Gasteiger partial charge in [-0.15, -0.1) is 5.10 Å². The maximum absolute atomic E-state index is 6.06. The molecule has 0 radical (unpaired) electrons. The largest absolute Gasteiger partial charge is 0.399 e.